The van der Waals surface area contributed by atoms with Gasteiger partial charge in [-0.25, -0.2) is 9.59 Å². The lowest BCUT2D eigenvalue weighted by Crippen LogP contribution is -2.47. The fraction of sp³-hybridized carbons (Fsp3) is 0.345. The number of benzene rings is 2. The van der Waals surface area contributed by atoms with Crippen LogP contribution in [0.3, 0.4) is 0 Å². The molecule has 38 heavy (non-hydrogen) atoms. The summed E-state index contributed by atoms with van der Waals surface area (Å²) in [6.07, 6.45) is -0.436. The molecule has 2 aromatic carbocycles. The third kappa shape index (κ3) is 8.30. The molecular formula is C29H34N4O5. The Labute approximate surface area is 222 Å². The monoisotopic (exact) mass is 518 g/mol. The molecular weight excluding hydrogens is 484 g/mol. The maximum Gasteiger partial charge on any atom is 0.408 e. The second-order valence-corrected chi connectivity index (χ2v) is 9.57. The largest absolute Gasteiger partial charge is 0.461 e. The first-order valence-corrected chi connectivity index (χ1v) is 12.4. The van der Waals surface area contributed by atoms with Crippen molar-refractivity contribution in [3.8, 4) is 11.8 Å². The van der Waals surface area contributed by atoms with Crippen LogP contribution in [0.4, 0.5) is 16.2 Å². The van der Waals surface area contributed by atoms with Crippen molar-refractivity contribution in [3.05, 3.63) is 59.8 Å². The minimum atomic E-state index is -0.897. The van der Waals surface area contributed by atoms with Crippen LogP contribution in [0, 0.1) is 11.8 Å². The van der Waals surface area contributed by atoms with Crippen molar-refractivity contribution < 1.29 is 23.9 Å². The van der Waals surface area contributed by atoms with Crippen LogP contribution in [-0.2, 0) is 20.7 Å². The number of aromatic amines is 1. The number of carbonyl (C=O) groups excluding carboxylic acids is 3. The normalized spacial score (nSPS) is 11.6. The second kappa shape index (κ2) is 12.7. The van der Waals surface area contributed by atoms with Gasteiger partial charge in [0.2, 0.25) is 5.91 Å². The Balaban J connectivity index is 1.77. The van der Waals surface area contributed by atoms with E-state index in [1.54, 1.807) is 58.9 Å². The van der Waals surface area contributed by atoms with E-state index >= 15 is 0 Å². The maximum absolute atomic E-state index is 13.3. The van der Waals surface area contributed by atoms with Gasteiger partial charge >= 0.3 is 12.1 Å². The van der Waals surface area contributed by atoms with E-state index in [0.717, 1.165) is 22.2 Å². The molecule has 0 aliphatic carbocycles. The molecule has 0 aliphatic heterocycles. The molecule has 9 heteroatoms. The van der Waals surface area contributed by atoms with Crippen molar-refractivity contribution in [2.45, 2.75) is 52.7 Å². The van der Waals surface area contributed by atoms with E-state index in [2.05, 4.69) is 32.8 Å². The summed E-state index contributed by atoms with van der Waals surface area (Å²) in [4.78, 5) is 40.9. The Kier molecular flexibility index (Phi) is 9.39. The van der Waals surface area contributed by atoms with Gasteiger partial charge in [-0.2, -0.15) is 0 Å². The number of carbonyl (C=O) groups is 3. The molecule has 1 atom stereocenters. The van der Waals surface area contributed by atoms with E-state index < -0.39 is 29.6 Å². The summed E-state index contributed by atoms with van der Waals surface area (Å²) in [7, 11) is 0. The molecule has 3 rings (SSSR count). The Bertz CT molecular complexity index is 1340. The first kappa shape index (κ1) is 28.1. The van der Waals surface area contributed by atoms with Gasteiger partial charge in [0.25, 0.3) is 0 Å². The number of anilines is 2. The highest BCUT2D eigenvalue weighted by Gasteiger charge is 2.25. The third-order valence-corrected chi connectivity index (χ3v) is 5.34. The standard InChI is InChI=1S/C29H34N4O5/c1-6-8-15-30-21-11-9-19(10-12-21)16-24(33-28(36)38-29(3,4)5)26(34)31-22-13-14-23-20(17-22)18-25(32-23)27(35)37-7-2/h9-14,17-18,24,30,32H,7,15-16H2,1-5H3,(H,31,34)(H,33,36)/t24-/m0/s1. The van der Waals surface area contributed by atoms with Crippen LogP contribution in [-0.4, -0.2) is 47.7 Å². The topological polar surface area (TPSA) is 122 Å². The Hall–Kier alpha value is -4.45. The summed E-state index contributed by atoms with van der Waals surface area (Å²) in [5.41, 5.74) is 2.62. The number of rotatable bonds is 9. The van der Waals surface area contributed by atoms with Crippen molar-refractivity contribution in [2.24, 2.45) is 0 Å². The van der Waals surface area contributed by atoms with E-state index in [1.807, 2.05) is 24.3 Å². The Morgan fingerprint density at radius 1 is 1.03 bits per heavy atom. The predicted octanol–water partition coefficient (Wildman–Crippen LogP) is 4.85. The average Bonchev–Trinajstić information content (AvgIpc) is 3.27. The van der Waals surface area contributed by atoms with Crippen LogP contribution in [0.1, 0.15) is 50.7 Å². The number of H-pyrrole nitrogens is 1. The van der Waals surface area contributed by atoms with Crippen molar-refractivity contribution in [2.75, 3.05) is 23.8 Å². The van der Waals surface area contributed by atoms with Gasteiger partial charge < -0.3 is 30.4 Å². The number of aromatic nitrogens is 1. The molecule has 0 unspecified atom stereocenters. The zero-order chi connectivity index (χ0) is 27.7. The molecule has 3 aromatic rings. The first-order valence-electron chi connectivity index (χ1n) is 12.4. The van der Waals surface area contributed by atoms with Crippen LogP contribution in [0.2, 0.25) is 0 Å². The molecule has 9 nitrogen and oxygen atoms in total. The molecule has 1 aromatic heterocycles. The van der Waals surface area contributed by atoms with Crippen molar-refractivity contribution in [3.63, 3.8) is 0 Å². The van der Waals surface area contributed by atoms with E-state index in [9.17, 15) is 14.4 Å². The highest BCUT2D eigenvalue weighted by Crippen LogP contribution is 2.21. The van der Waals surface area contributed by atoms with Gasteiger partial charge in [-0.15, -0.1) is 5.92 Å². The summed E-state index contributed by atoms with van der Waals surface area (Å²) >= 11 is 0. The molecule has 1 heterocycles. The minimum absolute atomic E-state index is 0.250. The van der Waals surface area contributed by atoms with Crippen LogP contribution in [0.15, 0.2) is 48.5 Å². The van der Waals surface area contributed by atoms with Crippen LogP contribution >= 0.6 is 0 Å². The third-order valence-electron chi connectivity index (χ3n) is 5.34. The van der Waals surface area contributed by atoms with E-state index in [-0.39, 0.29) is 13.0 Å². The molecule has 2 amide bonds. The number of nitrogens with one attached hydrogen (secondary N) is 4. The molecule has 4 N–H and O–H groups in total. The smallest absolute Gasteiger partial charge is 0.408 e. The Morgan fingerprint density at radius 2 is 1.74 bits per heavy atom. The lowest BCUT2D eigenvalue weighted by atomic mass is 10.0. The summed E-state index contributed by atoms with van der Waals surface area (Å²) in [5, 5.41) is 9.49. The zero-order valence-electron chi connectivity index (χ0n) is 22.4. The van der Waals surface area contributed by atoms with E-state index in [0.29, 0.717) is 17.9 Å². The molecule has 0 bridgehead atoms. The van der Waals surface area contributed by atoms with Gasteiger partial charge in [0.05, 0.1) is 13.2 Å². The van der Waals surface area contributed by atoms with Gasteiger partial charge in [0, 0.05) is 28.7 Å². The van der Waals surface area contributed by atoms with E-state index in [1.165, 1.54) is 0 Å². The van der Waals surface area contributed by atoms with Gasteiger partial charge in [-0.1, -0.05) is 18.1 Å². The van der Waals surface area contributed by atoms with Gasteiger partial charge in [-0.3, -0.25) is 4.79 Å². The lowest BCUT2D eigenvalue weighted by molar-refractivity contribution is -0.118. The molecule has 200 valence electrons. The summed E-state index contributed by atoms with van der Waals surface area (Å²) in [5.74, 6) is 4.92. The fourth-order valence-electron chi connectivity index (χ4n) is 3.65. The van der Waals surface area contributed by atoms with Crippen LogP contribution in [0.25, 0.3) is 10.9 Å². The van der Waals surface area contributed by atoms with Gasteiger partial charge in [-0.05, 0) is 76.6 Å². The van der Waals surface area contributed by atoms with Crippen LogP contribution in [0.5, 0.6) is 0 Å². The Morgan fingerprint density at radius 3 is 2.39 bits per heavy atom. The second-order valence-electron chi connectivity index (χ2n) is 9.57. The number of hydrogen-bond acceptors (Lipinski definition) is 6. The zero-order valence-corrected chi connectivity index (χ0v) is 22.4. The van der Waals surface area contributed by atoms with Crippen molar-refractivity contribution in [1.29, 1.82) is 0 Å². The number of amides is 2. The number of hydrogen-bond donors (Lipinski definition) is 4. The van der Waals surface area contributed by atoms with Crippen molar-refractivity contribution in [1.82, 2.24) is 10.3 Å². The average molecular weight is 519 g/mol. The fourth-order valence-corrected chi connectivity index (χ4v) is 3.65. The highest BCUT2D eigenvalue weighted by molar-refractivity contribution is 6.00. The number of ether oxygens (including phenoxy) is 2. The SMILES string of the molecule is CC#CCNc1ccc(C[C@H](NC(=O)OC(C)(C)C)C(=O)Nc2ccc3[nH]c(C(=O)OCC)cc3c2)cc1. The number of esters is 1. The summed E-state index contributed by atoms with van der Waals surface area (Å²) in [6.45, 7) is 9.60. The molecule has 0 radical (unpaired) electrons. The molecule has 0 aliphatic rings. The quantitative estimate of drug-likeness (QED) is 0.237. The molecule has 0 fully saturated rings. The van der Waals surface area contributed by atoms with Crippen molar-refractivity contribution >= 4 is 40.2 Å². The molecule has 0 saturated heterocycles. The maximum atomic E-state index is 13.3. The van der Waals surface area contributed by atoms with E-state index in [4.69, 9.17) is 9.47 Å². The number of fused-ring (bicyclic) bond motifs is 1. The lowest BCUT2D eigenvalue weighted by Gasteiger charge is -2.23. The first-order chi connectivity index (χ1) is 18.1. The molecule has 0 saturated carbocycles. The van der Waals surface area contributed by atoms with Gasteiger partial charge in [0.1, 0.15) is 17.3 Å². The summed E-state index contributed by atoms with van der Waals surface area (Å²) < 4.78 is 10.4. The predicted molar refractivity (Wildman–Crippen MR) is 148 cm³/mol. The highest BCUT2D eigenvalue weighted by atomic mass is 16.6. The molecule has 0 spiro atoms. The van der Waals surface area contributed by atoms with Crippen LogP contribution < -0.4 is 16.0 Å². The minimum Gasteiger partial charge on any atom is -0.461 e. The van der Waals surface area contributed by atoms with Gasteiger partial charge in [0.15, 0.2) is 0 Å². The summed E-state index contributed by atoms with van der Waals surface area (Å²) in [6, 6.07) is 13.6. The number of alkyl carbamates (subject to hydrolysis) is 1.